The number of carbonyl (C=O) groups is 1. The lowest BCUT2D eigenvalue weighted by Gasteiger charge is -2.09. The van der Waals surface area contributed by atoms with Crippen LogP contribution in [-0.2, 0) is 0 Å². The summed E-state index contributed by atoms with van der Waals surface area (Å²) in [6.07, 6.45) is 0.845. The van der Waals surface area contributed by atoms with Crippen molar-refractivity contribution >= 4 is 41.0 Å². The second kappa shape index (κ2) is 6.27. The molecule has 4 heteroatoms. The number of rotatable bonds is 2. The number of nitrogens with zero attached hydrogens (tertiary/aromatic N) is 1. The van der Waals surface area contributed by atoms with Crippen LogP contribution in [0.2, 0.25) is 5.02 Å². The molecule has 1 heterocycles. The zero-order valence-electron chi connectivity index (χ0n) is 12.6. The van der Waals surface area contributed by atoms with Crippen LogP contribution < -0.4 is 0 Å². The zero-order valence-corrected chi connectivity index (χ0v) is 14.1. The first-order chi connectivity index (χ1) is 11.7. The van der Waals surface area contributed by atoms with Gasteiger partial charge in [0.25, 0.3) is 0 Å². The summed E-state index contributed by atoms with van der Waals surface area (Å²) in [6, 6.07) is 21.5. The molecule has 1 aliphatic rings. The van der Waals surface area contributed by atoms with Crippen molar-refractivity contribution < 1.29 is 4.79 Å². The lowest BCUT2D eigenvalue weighted by atomic mass is 10.0. The van der Waals surface area contributed by atoms with Gasteiger partial charge in [-0.2, -0.15) is 0 Å². The monoisotopic (exact) mass is 349 g/mol. The summed E-state index contributed by atoms with van der Waals surface area (Å²) in [4.78, 5) is 18.2. The fourth-order valence-corrected chi connectivity index (χ4v) is 3.88. The Hall–Kier alpha value is -2.36. The lowest BCUT2D eigenvalue weighted by molar-refractivity contribution is 0.112. The van der Waals surface area contributed by atoms with Crippen LogP contribution in [-0.4, -0.2) is 12.0 Å². The molecule has 0 bridgehead atoms. The summed E-state index contributed by atoms with van der Waals surface area (Å²) in [5, 5.41) is 0.673. The van der Waals surface area contributed by atoms with E-state index in [2.05, 4.69) is 12.1 Å². The molecule has 0 N–H and O–H groups in total. The zero-order chi connectivity index (χ0) is 16.5. The van der Waals surface area contributed by atoms with Crippen molar-refractivity contribution in [3.8, 4) is 0 Å². The number of aldehydes is 1. The minimum absolute atomic E-state index is 0.620. The highest BCUT2D eigenvalue weighted by atomic mass is 35.5. The van der Waals surface area contributed by atoms with Gasteiger partial charge in [0.1, 0.15) is 6.29 Å². The molecule has 3 aromatic rings. The van der Waals surface area contributed by atoms with E-state index >= 15 is 0 Å². The highest BCUT2D eigenvalue weighted by Crippen LogP contribution is 2.41. The molecular weight excluding hydrogens is 338 g/mol. The van der Waals surface area contributed by atoms with Gasteiger partial charge in [0.05, 0.1) is 11.4 Å². The summed E-state index contributed by atoms with van der Waals surface area (Å²) in [5.74, 6) is 0. The van der Waals surface area contributed by atoms with Crippen LogP contribution in [0.1, 0.15) is 21.5 Å². The molecule has 0 radical (unpaired) electrons. The summed E-state index contributed by atoms with van der Waals surface area (Å²) in [6.45, 7) is 0. The first kappa shape index (κ1) is 15.2. The van der Waals surface area contributed by atoms with Crippen LogP contribution in [0.25, 0.3) is 0 Å². The van der Waals surface area contributed by atoms with Gasteiger partial charge in [0.2, 0.25) is 0 Å². The van der Waals surface area contributed by atoms with E-state index in [1.807, 2.05) is 54.6 Å². The first-order valence-electron chi connectivity index (χ1n) is 7.46. The minimum Gasteiger partial charge on any atom is -0.298 e. The molecule has 0 fully saturated rings. The van der Waals surface area contributed by atoms with Crippen molar-refractivity contribution in [3.63, 3.8) is 0 Å². The van der Waals surface area contributed by atoms with E-state index in [4.69, 9.17) is 16.6 Å². The van der Waals surface area contributed by atoms with Crippen LogP contribution in [0.5, 0.6) is 0 Å². The van der Waals surface area contributed by atoms with Gasteiger partial charge >= 0.3 is 0 Å². The molecule has 4 rings (SSSR count). The van der Waals surface area contributed by atoms with Crippen LogP contribution in [0.3, 0.4) is 0 Å². The molecule has 3 aromatic carbocycles. The van der Waals surface area contributed by atoms with E-state index < -0.39 is 0 Å². The lowest BCUT2D eigenvalue weighted by Crippen LogP contribution is -2.03. The molecule has 0 aliphatic carbocycles. The van der Waals surface area contributed by atoms with Crippen molar-refractivity contribution in [3.05, 3.63) is 88.4 Å². The van der Waals surface area contributed by atoms with E-state index in [9.17, 15) is 4.79 Å². The van der Waals surface area contributed by atoms with E-state index in [1.54, 1.807) is 11.8 Å². The standard InChI is InChI=1S/C20H12ClNOS/c21-15-5-3-4-14(11-15)20-16-6-1-2-7-18(16)24-19-9-8-13(12-23)10-17(19)22-20/h1-12H. The fourth-order valence-electron chi connectivity index (χ4n) is 2.69. The van der Waals surface area contributed by atoms with Crippen molar-refractivity contribution in [2.24, 2.45) is 4.99 Å². The number of hydrogen-bond donors (Lipinski definition) is 0. The predicted molar refractivity (Wildman–Crippen MR) is 99.1 cm³/mol. The molecule has 0 atom stereocenters. The Bertz CT molecular complexity index is 981. The van der Waals surface area contributed by atoms with Crippen LogP contribution in [0.4, 0.5) is 5.69 Å². The summed E-state index contributed by atoms with van der Waals surface area (Å²) >= 11 is 7.83. The number of halogens is 1. The van der Waals surface area contributed by atoms with Crippen LogP contribution in [0, 0.1) is 0 Å². The molecule has 0 spiro atoms. The summed E-state index contributed by atoms with van der Waals surface area (Å²) < 4.78 is 0. The third kappa shape index (κ3) is 2.77. The second-order valence-corrected chi connectivity index (χ2v) is 6.93. The first-order valence-corrected chi connectivity index (χ1v) is 8.65. The van der Waals surface area contributed by atoms with Gasteiger partial charge in [0.15, 0.2) is 0 Å². The number of carbonyl (C=O) groups excluding carboxylic acids is 1. The number of hydrogen-bond acceptors (Lipinski definition) is 3. The third-order valence-electron chi connectivity index (χ3n) is 3.81. The topological polar surface area (TPSA) is 29.4 Å². The molecule has 2 nitrogen and oxygen atoms in total. The maximum absolute atomic E-state index is 11.1. The SMILES string of the molecule is O=Cc1ccc2c(c1)N=C(c1cccc(Cl)c1)c1ccccc1S2. The smallest absolute Gasteiger partial charge is 0.150 e. The van der Waals surface area contributed by atoms with E-state index in [0.717, 1.165) is 38.6 Å². The summed E-state index contributed by atoms with van der Waals surface area (Å²) in [7, 11) is 0. The fraction of sp³-hybridized carbons (Fsp3) is 0. The number of fused-ring (bicyclic) bond motifs is 2. The minimum atomic E-state index is 0.620. The maximum atomic E-state index is 11.1. The Morgan fingerprint density at radius 1 is 0.917 bits per heavy atom. The molecule has 24 heavy (non-hydrogen) atoms. The largest absolute Gasteiger partial charge is 0.298 e. The highest BCUT2D eigenvalue weighted by Gasteiger charge is 2.18. The van der Waals surface area contributed by atoms with Gasteiger partial charge in [-0.3, -0.25) is 4.79 Å². The number of benzene rings is 3. The van der Waals surface area contributed by atoms with Gasteiger partial charge < -0.3 is 0 Å². The maximum Gasteiger partial charge on any atom is 0.150 e. The van der Waals surface area contributed by atoms with Crippen molar-refractivity contribution in [2.75, 3.05) is 0 Å². The highest BCUT2D eigenvalue weighted by molar-refractivity contribution is 7.99. The molecule has 0 aromatic heterocycles. The van der Waals surface area contributed by atoms with Crippen LogP contribution in [0.15, 0.2) is 81.5 Å². The average molecular weight is 350 g/mol. The van der Waals surface area contributed by atoms with Gasteiger partial charge in [-0.25, -0.2) is 4.99 Å². The van der Waals surface area contributed by atoms with E-state index in [0.29, 0.717) is 10.6 Å². The Morgan fingerprint density at radius 2 is 1.79 bits per heavy atom. The normalized spacial score (nSPS) is 12.6. The molecule has 0 amide bonds. The van der Waals surface area contributed by atoms with E-state index in [-0.39, 0.29) is 0 Å². The van der Waals surface area contributed by atoms with Crippen LogP contribution >= 0.6 is 23.4 Å². The molecule has 0 saturated heterocycles. The molecule has 0 saturated carbocycles. The quantitative estimate of drug-likeness (QED) is 0.429. The third-order valence-corrected chi connectivity index (χ3v) is 5.19. The van der Waals surface area contributed by atoms with Gasteiger partial charge in [-0.05, 0) is 30.3 Å². The van der Waals surface area contributed by atoms with Gasteiger partial charge in [0, 0.05) is 31.5 Å². The average Bonchev–Trinajstić information content (AvgIpc) is 2.77. The summed E-state index contributed by atoms with van der Waals surface area (Å²) in [5.41, 5.74) is 4.31. The molecule has 0 unspecified atom stereocenters. The van der Waals surface area contributed by atoms with E-state index in [1.165, 1.54) is 0 Å². The van der Waals surface area contributed by atoms with Gasteiger partial charge in [-0.15, -0.1) is 0 Å². The second-order valence-electron chi connectivity index (χ2n) is 5.41. The Kier molecular flexibility index (Phi) is 3.97. The Labute approximate surface area is 149 Å². The number of aliphatic imine (C=N–C) groups is 1. The van der Waals surface area contributed by atoms with Crippen molar-refractivity contribution in [1.82, 2.24) is 0 Å². The van der Waals surface area contributed by atoms with Crippen molar-refractivity contribution in [1.29, 1.82) is 0 Å². The predicted octanol–water partition coefficient (Wildman–Crippen LogP) is 5.79. The Morgan fingerprint density at radius 3 is 2.62 bits per heavy atom. The van der Waals surface area contributed by atoms with Gasteiger partial charge in [-0.1, -0.05) is 59.8 Å². The molecular formula is C20H12ClNOS. The molecule has 1 aliphatic heterocycles. The molecule has 116 valence electrons. The van der Waals surface area contributed by atoms with Crippen molar-refractivity contribution in [2.45, 2.75) is 9.79 Å². The Balaban J connectivity index is 1.99.